The molecule has 3 aromatic carbocycles. The fourth-order valence-electron chi connectivity index (χ4n) is 3.83. The van der Waals surface area contributed by atoms with Crippen molar-refractivity contribution in [2.45, 2.75) is 32.2 Å². The van der Waals surface area contributed by atoms with Gasteiger partial charge in [-0.3, -0.25) is 4.79 Å². The number of amides is 1. The van der Waals surface area contributed by atoms with E-state index in [1.54, 1.807) is 56.3 Å². The number of nitrogens with zero attached hydrogens (tertiary/aromatic N) is 1. The number of hydrogen-bond acceptors (Lipinski definition) is 4. The molecular weight excluding hydrogens is 495 g/mol. The number of aryl methyl sites for hydroxylation is 3. The number of carbonyl (C=O) groups is 1. The number of nitrogens with one attached hydrogen (secondary N) is 1. The minimum Gasteiger partial charge on any atom is -0.495 e. The van der Waals surface area contributed by atoms with E-state index in [-0.39, 0.29) is 18.0 Å². The fraction of sp³-hybridized carbons (Fsp3) is 0.240. The molecule has 0 saturated carbocycles. The Balaban J connectivity index is 1.94. The van der Waals surface area contributed by atoms with Crippen molar-refractivity contribution >= 4 is 44.8 Å². The van der Waals surface area contributed by atoms with Gasteiger partial charge in [0.05, 0.1) is 23.6 Å². The van der Waals surface area contributed by atoms with E-state index in [1.165, 1.54) is 11.4 Å². The first-order valence-corrected chi connectivity index (χ1v) is 12.7. The Kier molecular flexibility index (Phi) is 8.25. The van der Waals surface area contributed by atoms with Crippen LogP contribution in [0.15, 0.2) is 59.5 Å². The van der Waals surface area contributed by atoms with E-state index in [0.29, 0.717) is 38.2 Å². The van der Waals surface area contributed by atoms with Gasteiger partial charge in [0.2, 0.25) is 15.9 Å². The highest BCUT2D eigenvalue weighted by Crippen LogP contribution is 2.29. The SMILES string of the molecule is COc1ccc(NC(=O)CN(Cc2ccc(Cl)cc2)S(=O)(=O)c2c(C)cc(C)cc2C)cc1Cl. The summed E-state index contributed by atoms with van der Waals surface area (Å²) < 4.78 is 33.8. The number of anilines is 1. The van der Waals surface area contributed by atoms with Gasteiger partial charge in [-0.1, -0.05) is 53.0 Å². The molecule has 1 N–H and O–H groups in total. The smallest absolute Gasteiger partial charge is 0.244 e. The Labute approximate surface area is 210 Å². The summed E-state index contributed by atoms with van der Waals surface area (Å²) in [5.74, 6) is -0.0295. The van der Waals surface area contributed by atoms with Gasteiger partial charge in [-0.05, 0) is 67.8 Å². The summed E-state index contributed by atoms with van der Waals surface area (Å²) in [7, 11) is -2.51. The molecule has 0 atom stereocenters. The number of halogens is 2. The maximum Gasteiger partial charge on any atom is 0.244 e. The van der Waals surface area contributed by atoms with Crippen molar-refractivity contribution in [1.82, 2.24) is 4.31 Å². The normalized spacial score (nSPS) is 11.5. The summed E-state index contributed by atoms with van der Waals surface area (Å²) in [4.78, 5) is 13.1. The van der Waals surface area contributed by atoms with Crippen molar-refractivity contribution in [2.75, 3.05) is 19.0 Å². The van der Waals surface area contributed by atoms with Crippen LogP contribution in [0.5, 0.6) is 5.75 Å². The summed E-state index contributed by atoms with van der Waals surface area (Å²) in [5.41, 5.74) is 3.35. The van der Waals surface area contributed by atoms with Crippen LogP contribution in [-0.4, -0.2) is 32.3 Å². The standard InChI is InChI=1S/C25H26Cl2N2O4S/c1-16-11-17(2)25(18(3)12-16)34(31,32)29(14-19-5-7-20(26)8-6-19)15-24(30)28-21-9-10-23(33-4)22(27)13-21/h5-13H,14-15H2,1-4H3,(H,28,30). The summed E-state index contributed by atoms with van der Waals surface area (Å²) in [6.07, 6.45) is 0. The first-order valence-electron chi connectivity index (χ1n) is 10.5. The van der Waals surface area contributed by atoms with Gasteiger partial charge in [0.25, 0.3) is 0 Å². The Morgan fingerprint density at radius 1 is 0.971 bits per heavy atom. The minimum absolute atomic E-state index is 0.00302. The van der Waals surface area contributed by atoms with Crippen LogP contribution in [0, 0.1) is 20.8 Å². The summed E-state index contributed by atoms with van der Waals surface area (Å²) in [6.45, 7) is 5.04. The molecule has 0 aliphatic rings. The zero-order valence-corrected chi connectivity index (χ0v) is 21.7. The molecule has 3 aromatic rings. The van der Waals surface area contributed by atoms with E-state index in [9.17, 15) is 13.2 Å². The lowest BCUT2D eigenvalue weighted by molar-refractivity contribution is -0.116. The van der Waals surface area contributed by atoms with Crippen molar-refractivity contribution in [3.63, 3.8) is 0 Å². The molecular formula is C25H26Cl2N2O4S. The highest BCUT2D eigenvalue weighted by atomic mass is 35.5. The second-order valence-electron chi connectivity index (χ2n) is 8.02. The lowest BCUT2D eigenvalue weighted by Crippen LogP contribution is -2.38. The molecule has 0 saturated heterocycles. The zero-order chi connectivity index (χ0) is 25.0. The van der Waals surface area contributed by atoms with E-state index in [1.807, 2.05) is 19.1 Å². The maximum atomic E-state index is 13.8. The molecule has 34 heavy (non-hydrogen) atoms. The van der Waals surface area contributed by atoms with Gasteiger partial charge in [0, 0.05) is 17.3 Å². The monoisotopic (exact) mass is 520 g/mol. The molecule has 1 amide bonds. The summed E-state index contributed by atoms with van der Waals surface area (Å²) in [5, 5.41) is 3.58. The molecule has 9 heteroatoms. The van der Waals surface area contributed by atoms with Gasteiger partial charge in [0.1, 0.15) is 5.75 Å². The average molecular weight is 521 g/mol. The lowest BCUT2D eigenvalue weighted by atomic mass is 10.1. The summed E-state index contributed by atoms with van der Waals surface area (Å²) >= 11 is 12.1. The predicted octanol–water partition coefficient (Wildman–Crippen LogP) is 5.76. The number of rotatable bonds is 8. The van der Waals surface area contributed by atoms with Crippen LogP contribution in [0.4, 0.5) is 5.69 Å². The molecule has 0 unspecified atom stereocenters. The molecule has 6 nitrogen and oxygen atoms in total. The number of sulfonamides is 1. The van der Waals surface area contributed by atoms with Crippen LogP contribution in [-0.2, 0) is 21.4 Å². The van der Waals surface area contributed by atoms with Crippen LogP contribution in [0.3, 0.4) is 0 Å². The summed E-state index contributed by atoms with van der Waals surface area (Å²) in [6, 6.07) is 15.3. The molecule has 0 aliphatic heterocycles. The number of hydrogen-bond donors (Lipinski definition) is 1. The van der Waals surface area contributed by atoms with E-state index >= 15 is 0 Å². The van der Waals surface area contributed by atoms with E-state index in [4.69, 9.17) is 27.9 Å². The first kappa shape index (κ1) is 26.0. The van der Waals surface area contributed by atoms with Crippen molar-refractivity contribution in [1.29, 1.82) is 0 Å². The largest absolute Gasteiger partial charge is 0.495 e. The maximum absolute atomic E-state index is 13.8. The van der Waals surface area contributed by atoms with Crippen LogP contribution >= 0.6 is 23.2 Å². The lowest BCUT2D eigenvalue weighted by Gasteiger charge is -2.24. The van der Waals surface area contributed by atoms with Gasteiger partial charge in [-0.2, -0.15) is 4.31 Å². The Morgan fingerprint density at radius 2 is 1.59 bits per heavy atom. The van der Waals surface area contributed by atoms with E-state index in [0.717, 1.165) is 5.56 Å². The third kappa shape index (κ3) is 6.10. The predicted molar refractivity (Wildman–Crippen MR) is 136 cm³/mol. The molecule has 0 aliphatic carbocycles. The van der Waals surface area contributed by atoms with Gasteiger partial charge in [0.15, 0.2) is 0 Å². The van der Waals surface area contributed by atoms with Crippen LogP contribution in [0.2, 0.25) is 10.0 Å². The molecule has 0 fully saturated rings. The van der Waals surface area contributed by atoms with Crippen molar-refractivity contribution in [3.8, 4) is 5.75 Å². The molecule has 0 spiro atoms. The molecule has 0 bridgehead atoms. The Bertz CT molecular complexity index is 1290. The molecule has 0 heterocycles. The van der Waals surface area contributed by atoms with Gasteiger partial charge >= 0.3 is 0 Å². The molecule has 3 rings (SSSR count). The molecule has 0 radical (unpaired) electrons. The minimum atomic E-state index is -4.00. The number of ether oxygens (including phenoxy) is 1. The van der Waals surface area contributed by atoms with Crippen LogP contribution in [0.1, 0.15) is 22.3 Å². The number of carbonyl (C=O) groups excluding carboxylic acids is 1. The van der Waals surface area contributed by atoms with Crippen molar-refractivity contribution < 1.29 is 17.9 Å². The average Bonchev–Trinajstić information content (AvgIpc) is 2.74. The first-order chi connectivity index (χ1) is 16.0. The quantitative estimate of drug-likeness (QED) is 0.409. The van der Waals surface area contributed by atoms with E-state index < -0.39 is 15.9 Å². The topological polar surface area (TPSA) is 75.7 Å². The number of benzene rings is 3. The zero-order valence-electron chi connectivity index (χ0n) is 19.4. The second kappa shape index (κ2) is 10.8. The van der Waals surface area contributed by atoms with Gasteiger partial charge < -0.3 is 10.1 Å². The second-order valence-corrected chi connectivity index (χ2v) is 10.7. The third-order valence-electron chi connectivity index (χ3n) is 5.23. The van der Waals surface area contributed by atoms with Gasteiger partial charge in [-0.25, -0.2) is 8.42 Å². The highest BCUT2D eigenvalue weighted by Gasteiger charge is 2.30. The van der Waals surface area contributed by atoms with Gasteiger partial charge in [-0.15, -0.1) is 0 Å². The fourth-order valence-corrected chi connectivity index (χ4v) is 6.01. The number of methoxy groups -OCH3 is 1. The van der Waals surface area contributed by atoms with E-state index in [2.05, 4.69) is 5.32 Å². The van der Waals surface area contributed by atoms with Crippen LogP contribution < -0.4 is 10.1 Å². The van der Waals surface area contributed by atoms with Crippen molar-refractivity contribution in [3.05, 3.63) is 86.9 Å². The highest BCUT2D eigenvalue weighted by molar-refractivity contribution is 7.89. The third-order valence-corrected chi connectivity index (χ3v) is 7.88. The van der Waals surface area contributed by atoms with Crippen LogP contribution in [0.25, 0.3) is 0 Å². The molecule has 0 aromatic heterocycles. The molecule has 180 valence electrons. The Hall–Kier alpha value is -2.58. The Morgan fingerprint density at radius 3 is 2.15 bits per heavy atom. The van der Waals surface area contributed by atoms with Crippen molar-refractivity contribution in [2.24, 2.45) is 0 Å².